The Hall–Kier alpha value is -2.05. The third-order valence-corrected chi connectivity index (χ3v) is 3.29. The van der Waals surface area contributed by atoms with E-state index in [4.69, 9.17) is 5.73 Å². The molecule has 3 N–H and O–H groups in total. The van der Waals surface area contributed by atoms with Crippen LogP contribution in [0.1, 0.15) is 29.8 Å². The topological polar surface area (TPSA) is 93.2 Å². The van der Waals surface area contributed by atoms with E-state index < -0.39 is 0 Å². The maximum atomic E-state index is 11.9. The number of nitrogen functional groups attached to an aromatic ring is 1. The predicted molar refractivity (Wildman–Crippen MR) is 70.4 cm³/mol. The fourth-order valence-corrected chi connectivity index (χ4v) is 2.23. The highest BCUT2D eigenvalue weighted by Crippen LogP contribution is 2.10. The van der Waals surface area contributed by atoms with Gasteiger partial charge in [0.05, 0.1) is 18.4 Å². The van der Waals surface area contributed by atoms with E-state index in [1.165, 1.54) is 17.3 Å². The van der Waals surface area contributed by atoms with Crippen LogP contribution in [0.4, 0.5) is 5.69 Å². The smallest absolute Gasteiger partial charge is 0.272 e. The summed E-state index contributed by atoms with van der Waals surface area (Å²) in [5.41, 5.74) is 6.25. The second-order valence-electron chi connectivity index (χ2n) is 4.70. The van der Waals surface area contributed by atoms with Crippen LogP contribution in [-0.4, -0.2) is 46.1 Å². The van der Waals surface area contributed by atoms with E-state index in [1.54, 1.807) is 11.9 Å². The summed E-state index contributed by atoms with van der Waals surface area (Å²) in [6, 6.07) is 0. The highest BCUT2D eigenvalue weighted by atomic mass is 16.2. The normalized spacial score (nSPS) is 15.3. The van der Waals surface area contributed by atoms with E-state index in [1.807, 2.05) is 0 Å². The Morgan fingerprint density at radius 1 is 1.37 bits per heavy atom. The SMILES string of the molecule is Cn1ncc(N)c1C(=O)NCC(=O)N1CCCCC1. The molecular formula is C12H19N5O2. The standard InChI is InChI=1S/C12H19N5O2/c1-16-11(9(13)7-15-16)12(19)14-8-10(18)17-5-3-2-4-6-17/h7H,2-6,8,13H2,1H3,(H,14,19). The van der Waals surface area contributed by atoms with E-state index in [0.29, 0.717) is 5.69 Å². The molecule has 1 aliphatic heterocycles. The molecule has 1 aromatic rings. The second-order valence-corrected chi connectivity index (χ2v) is 4.70. The largest absolute Gasteiger partial charge is 0.396 e. The van der Waals surface area contributed by atoms with Gasteiger partial charge in [0.25, 0.3) is 5.91 Å². The highest BCUT2D eigenvalue weighted by Gasteiger charge is 2.19. The Labute approximate surface area is 111 Å². The molecule has 0 bridgehead atoms. The molecule has 0 atom stereocenters. The van der Waals surface area contributed by atoms with Crippen molar-refractivity contribution in [1.82, 2.24) is 20.0 Å². The first-order valence-electron chi connectivity index (χ1n) is 6.43. The van der Waals surface area contributed by atoms with Gasteiger partial charge in [-0.15, -0.1) is 0 Å². The number of piperidine rings is 1. The van der Waals surface area contributed by atoms with Gasteiger partial charge in [-0.1, -0.05) is 0 Å². The number of aromatic nitrogens is 2. The maximum Gasteiger partial charge on any atom is 0.272 e. The lowest BCUT2D eigenvalue weighted by Crippen LogP contribution is -2.42. The molecule has 1 fully saturated rings. The summed E-state index contributed by atoms with van der Waals surface area (Å²) in [6.45, 7) is 1.56. The zero-order chi connectivity index (χ0) is 13.8. The first-order valence-corrected chi connectivity index (χ1v) is 6.43. The quantitative estimate of drug-likeness (QED) is 0.787. The number of anilines is 1. The minimum atomic E-state index is -0.372. The minimum Gasteiger partial charge on any atom is -0.396 e. The van der Waals surface area contributed by atoms with Gasteiger partial charge in [0.2, 0.25) is 5.91 Å². The number of hydrogen-bond acceptors (Lipinski definition) is 4. The van der Waals surface area contributed by atoms with Crippen LogP contribution in [0, 0.1) is 0 Å². The van der Waals surface area contributed by atoms with Crippen molar-refractivity contribution in [1.29, 1.82) is 0 Å². The molecule has 0 aromatic carbocycles. The monoisotopic (exact) mass is 265 g/mol. The van der Waals surface area contributed by atoms with Crippen molar-refractivity contribution in [2.75, 3.05) is 25.4 Å². The van der Waals surface area contributed by atoms with Crippen LogP contribution in [0.25, 0.3) is 0 Å². The van der Waals surface area contributed by atoms with Crippen LogP contribution in [0.3, 0.4) is 0 Å². The summed E-state index contributed by atoms with van der Waals surface area (Å²) in [5, 5.41) is 6.48. The molecule has 2 amide bonds. The van der Waals surface area contributed by atoms with E-state index in [-0.39, 0.29) is 24.1 Å². The summed E-state index contributed by atoms with van der Waals surface area (Å²) >= 11 is 0. The average molecular weight is 265 g/mol. The summed E-state index contributed by atoms with van der Waals surface area (Å²) in [6.07, 6.45) is 4.66. The molecule has 0 spiro atoms. The number of aryl methyl sites for hydroxylation is 1. The predicted octanol–water partition coefficient (Wildman–Crippen LogP) is -0.255. The first-order chi connectivity index (χ1) is 9.09. The van der Waals surface area contributed by atoms with E-state index >= 15 is 0 Å². The van der Waals surface area contributed by atoms with Gasteiger partial charge in [0.15, 0.2) is 0 Å². The lowest BCUT2D eigenvalue weighted by Gasteiger charge is -2.26. The molecule has 0 saturated carbocycles. The van der Waals surface area contributed by atoms with Crippen molar-refractivity contribution in [3.8, 4) is 0 Å². The number of rotatable bonds is 3. The van der Waals surface area contributed by atoms with Crippen LogP contribution >= 0.6 is 0 Å². The zero-order valence-electron chi connectivity index (χ0n) is 11.1. The molecular weight excluding hydrogens is 246 g/mol. The number of nitrogens with two attached hydrogens (primary N) is 1. The highest BCUT2D eigenvalue weighted by molar-refractivity contribution is 5.99. The van der Waals surface area contributed by atoms with Crippen LogP contribution in [-0.2, 0) is 11.8 Å². The number of nitrogens with one attached hydrogen (secondary N) is 1. The molecule has 7 heteroatoms. The van der Waals surface area contributed by atoms with Crippen molar-refractivity contribution < 1.29 is 9.59 Å². The Kier molecular flexibility index (Phi) is 4.03. The second kappa shape index (κ2) is 5.73. The van der Waals surface area contributed by atoms with Crippen molar-refractivity contribution in [2.24, 2.45) is 7.05 Å². The zero-order valence-corrected chi connectivity index (χ0v) is 11.1. The molecule has 0 unspecified atom stereocenters. The lowest BCUT2D eigenvalue weighted by atomic mass is 10.1. The fraction of sp³-hybridized carbons (Fsp3) is 0.583. The maximum absolute atomic E-state index is 11.9. The Morgan fingerprint density at radius 3 is 2.63 bits per heavy atom. The van der Waals surface area contributed by atoms with Crippen molar-refractivity contribution >= 4 is 17.5 Å². The Bertz CT molecular complexity index is 457. The van der Waals surface area contributed by atoms with Crippen molar-refractivity contribution in [3.05, 3.63) is 11.9 Å². The molecule has 104 valence electrons. The third-order valence-electron chi connectivity index (χ3n) is 3.29. The number of likely N-dealkylation sites (tertiary alicyclic amines) is 1. The summed E-state index contributed by atoms with van der Waals surface area (Å²) in [7, 11) is 1.64. The number of carbonyl (C=O) groups excluding carboxylic acids is 2. The molecule has 2 heterocycles. The van der Waals surface area contributed by atoms with Gasteiger partial charge in [-0.05, 0) is 19.3 Å². The van der Waals surface area contributed by atoms with Crippen molar-refractivity contribution in [2.45, 2.75) is 19.3 Å². The summed E-state index contributed by atoms with van der Waals surface area (Å²) in [4.78, 5) is 25.6. The number of amides is 2. The van der Waals surface area contributed by atoms with Crippen LogP contribution in [0.2, 0.25) is 0 Å². The van der Waals surface area contributed by atoms with Crippen LogP contribution < -0.4 is 11.1 Å². The molecule has 2 rings (SSSR count). The van der Waals surface area contributed by atoms with Crippen LogP contribution in [0.15, 0.2) is 6.20 Å². The first kappa shape index (κ1) is 13.4. The molecule has 7 nitrogen and oxygen atoms in total. The van der Waals surface area contributed by atoms with Gasteiger partial charge in [0.1, 0.15) is 5.69 Å². The average Bonchev–Trinajstić information content (AvgIpc) is 2.76. The molecule has 0 radical (unpaired) electrons. The Morgan fingerprint density at radius 2 is 2.05 bits per heavy atom. The molecule has 1 aliphatic rings. The van der Waals surface area contributed by atoms with Gasteiger partial charge in [-0.2, -0.15) is 5.10 Å². The Balaban J connectivity index is 1.88. The van der Waals surface area contributed by atoms with Gasteiger partial charge in [-0.25, -0.2) is 0 Å². The van der Waals surface area contributed by atoms with Gasteiger partial charge >= 0.3 is 0 Å². The van der Waals surface area contributed by atoms with E-state index in [9.17, 15) is 9.59 Å². The lowest BCUT2D eigenvalue weighted by molar-refractivity contribution is -0.130. The van der Waals surface area contributed by atoms with Crippen LogP contribution in [0.5, 0.6) is 0 Å². The summed E-state index contributed by atoms with van der Waals surface area (Å²) < 4.78 is 1.40. The minimum absolute atomic E-state index is 0.00343. The third kappa shape index (κ3) is 3.04. The molecule has 19 heavy (non-hydrogen) atoms. The van der Waals surface area contributed by atoms with Gasteiger partial charge in [-0.3, -0.25) is 14.3 Å². The van der Waals surface area contributed by atoms with Gasteiger partial charge < -0.3 is 16.0 Å². The van der Waals surface area contributed by atoms with Crippen molar-refractivity contribution in [3.63, 3.8) is 0 Å². The van der Waals surface area contributed by atoms with Gasteiger partial charge in [0, 0.05) is 20.1 Å². The summed E-state index contributed by atoms with van der Waals surface area (Å²) in [5.74, 6) is -0.420. The molecule has 1 aromatic heterocycles. The molecule has 1 saturated heterocycles. The van der Waals surface area contributed by atoms with E-state index in [0.717, 1.165) is 25.9 Å². The van der Waals surface area contributed by atoms with E-state index in [2.05, 4.69) is 10.4 Å². The fourth-order valence-electron chi connectivity index (χ4n) is 2.23. The number of nitrogens with zero attached hydrogens (tertiary/aromatic N) is 3. The number of carbonyl (C=O) groups is 2. The number of hydrogen-bond donors (Lipinski definition) is 2. The molecule has 0 aliphatic carbocycles.